The van der Waals surface area contributed by atoms with Crippen molar-refractivity contribution in [2.24, 2.45) is 0 Å². The first-order valence-electron chi connectivity index (χ1n) is 6.16. The summed E-state index contributed by atoms with van der Waals surface area (Å²) in [6.45, 7) is 3.28. The van der Waals surface area contributed by atoms with E-state index in [1.54, 1.807) is 18.5 Å². The van der Waals surface area contributed by atoms with Crippen LogP contribution in [0.25, 0.3) is 11.1 Å². The molecule has 0 spiro atoms. The molecule has 0 aromatic carbocycles. The maximum absolute atomic E-state index is 11.9. The Morgan fingerprint density at radius 2 is 2.05 bits per heavy atom. The number of anilines is 1. The number of carbonyl (C=O) groups excluding carboxylic acids is 1. The molecule has 0 aliphatic heterocycles. The lowest BCUT2D eigenvalue weighted by Gasteiger charge is -2.08. The van der Waals surface area contributed by atoms with E-state index in [1.165, 1.54) is 19.2 Å². The number of carbonyl (C=O) groups is 1. The van der Waals surface area contributed by atoms with Crippen LogP contribution in [0.4, 0.5) is 5.69 Å². The van der Waals surface area contributed by atoms with E-state index < -0.39 is 0 Å². The van der Waals surface area contributed by atoms with Gasteiger partial charge in [-0.2, -0.15) is 0 Å². The average Bonchev–Trinajstić information content (AvgIpc) is 2.42. The second-order valence-electron chi connectivity index (χ2n) is 4.38. The largest absolute Gasteiger partial charge is 0.357 e. The third-order valence-electron chi connectivity index (χ3n) is 2.79. The Morgan fingerprint density at radius 3 is 2.70 bits per heavy atom. The van der Waals surface area contributed by atoms with Crippen LogP contribution in [-0.4, -0.2) is 15.8 Å². The quantitative estimate of drug-likeness (QED) is 0.835. The van der Waals surface area contributed by atoms with Crippen LogP contribution in [0.1, 0.15) is 12.6 Å². The number of aromatic nitrogens is 2. The van der Waals surface area contributed by atoms with Crippen LogP contribution in [0.5, 0.6) is 0 Å². The molecule has 0 atom stereocenters. The SMILES string of the molecule is CC(=O)/C=C/Nc1cc(-c2ccncc2)c(C)[nH]c1=O. The molecule has 5 nitrogen and oxygen atoms in total. The normalized spacial score (nSPS) is 10.7. The van der Waals surface area contributed by atoms with Gasteiger partial charge in [-0.15, -0.1) is 0 Å². The van der Waals surface area contributed by atoms with Crippen molar-refractivity contribution in [1.29, 1.82) is 0 Å². The van der Waals surface area contributed by atoms with E-state index in [9.17, 15) is 9.59 Å². The van der Waals surface area contributed by atoms with Crippen LogP contribution >= 0.6 is 0 Å². The Bertz CT molecular complexity index is 703. The van der Waals surface area contributed by atoms with Crippen molar-refractivity contribution >= 4 is 11.5 Å². The lowest BCUT2D eigenvalue weighted by Crippen LogP contribution is -2.13. The number of aromatic amines is 1. The summed E-state index contributed by atoms with van der Waals surface area (Å²) in [5.74, 6) is -0.0876. The van der Waals surface area contributed by atoms with Crippen LogP contribution in [0, 0.1) is 6.92 Å². The number of hydrogen-bond acceptors (Lipinski definition) is 4. The minimum absolute atomic E-state index is 0.0876. The maximum atomic E-state index is 11.9. The van der Waals surface area contributed by atoms with Crippen LogP contribution in [0.15, 0.2) is 47.7 Å². The van der Waals surface area contributed by atoms with E-state index in [1.807, 2.05) is 19.1 Å². The number of rotatable bonds is 4. The molecule has 0 fully saturated rings. The standard InChI is InChI=1S/C15H15N3O2/c1-10(19)3-8-17-14-9-13(11(2)18-15(14)20)12-4-6-16-7-5-12/h3-9,17H,1-2H3,(H,18,20)/b8-3+. The Labute approximate surface area is 116 Å². The number of nitrogens with one attached hydrogen (secondary N) is 2. The van der Waals surface area contributed by atoms with E-state index >= 15 is 0 Å². The van der Waals surface area contributed by atoms with Crippen LogP contribution in [-0.2, 0) is 4.79 Å². The molecule has 0 saturated carbocycles. The molecule has 0 saturated heterocycles. The summed E-state index contributed by atoms with van der Waals surface area (Å²) in [4.78, 5) is 29.5. The zero-order chi connectivity index (χ0) is 14.5. The third-order valence-corrected chi connectivity index (χ3v) is 2.79. The van der Waals surface area contributed by atoms with Gasteiger partial charge in [-0.05, 0) is 43.7 Å². The summed E-state index contributed by atoms with van der Waals surface area (Å²) in [6.07, 6.45) is 6.22. The van der Waals surface area contributed by atoms with E-state index in [0.717, 1.165) is 16.8 Å². The first kappa shape index (κ1) is 13.7. The van der Waals surface area contributed by atoms with Gasteiger partial charge in [0.25, 0.3) is 5.56 Å². The summed E-state index contributed by atoms with van der Waals surface area (Å²) in [6, 6.07) is 5.50. The molecule has 2 heterocycles. The van der Waals surface area contributed by atoms with Crippen molar-refractivity contribution in [1.82, 2.24) is 9.97 Å². The van der Waals surface area contributed by atoms with Gasteiger partial charge in [-0.25, -0.2) is 0 Å². The van der Waals surface area contributed by atoms with Crippen molar-refractivity contribution in [2.75, 3.05) is 5.32 Å². The van der Waals surface area contributed by atoms with Gasteiger partial charge in [0.05, 0.1) is 0 Å². The highest BCUT2D eigenvalue weighted by Gasteiger charge is 2.06. The maximum Gasteiger partial charge on any atom is 0.271 e. The molecule has 102 valence electrons. The predicted octanol–water partition coefficient (Wildman–Crippen LogP) is 2.26. The Kier molecular flexibility index (Phi) is 4.10. The number of H-pyrrole nitrogens is 1. The zero-order valence-corrected chi connectivity index (χ0v) is 11.3. The smallest absolute Gasteiger partial charge is 0.271 e. The van der Waals surface area contributed by atoms with Gasteiger partial charge in [0.1, 0.15) is 5.69 Å². The fourth-order valence-corrected chi connectivity index (χ4v) is 1.81. The molecule has 5 heteroatoms. The van der Waals surface area contributed by atoms with Crippen LogP contribution in [0.2, 0.25) is 0 Å². The Morgan fingerprint density at radius 1 is 1.35 bits per heavy atom. The van der Waals surface area contributed by atoms with E-state index in [2.05, 4.69) is 15.3 Å². The van der Waals surface area contributed by atoms with E-state index in [0.29, 0.717) is 5.69 Å². The van der Waals surface area contributed by atoms with Gasteiger partial charge in [-0.1, -0.05) is 0 Å². The summed E-state index contributed by atoms with van der Waals surface area (Å²) in [7, 11) is 0. The van der Waals surface area contributed by atoms with Gasteiger partial charge in [0.15, 0.2) is 5.78 Å². The van der Waals surface area contributed by atoms with Gasteiger partial charge in [-0.3, -0.25) is 14.6 Å². The van der Waals surface area contributed by atoms with Gasteiger partial charge in [0.2, 0.25) is 0 Å². The fourth-order valence-electron chi connectivity index (χ4n) is 1.81. The highest BCUT2D eigenvalue weighted by atomic mass is 16.1. The third kappa shape index (κ3) is 3.20. The van der Waals surface area contributed by atoms with Crippen LogP contribution in [0.3, 0.4) is 0 Å². The molecule has 2 aromatic rings. The van der Waals surface area contributed by atoms with E-state index in [4.69, 9.17) is 0 Å². The van der Waals surface area contributed by atoms with Crippen molar-refractivity contribution in [3.8, 4) is 11.1 Å². The molecule has 20 heavy (non-hydrogen) atoms. The number of allylic oxidation sites excluding steroid dienone is 1. The van der Waals surface area contributed by atoms with Gasteiger partial charge in [0, 0.05) is 29.9 Å². The highest BCUT2D eigenvalue weighted by molar-refractivity contribution is 5.87. The molecule has 0 aliphatic rings. The molecule has 2 rings (SSSR count). The lowest BCUT2D eigenvalue weighted by molar-refractivity contribution is -0.112. The molecule has 0 aliphatic carbocycles. The van der Waals surface area contributed by atoms with E-state index in [-0.39, 0.29) is 11.3 Å². The fraction of sp³-hybridized carbons (Fsp3) is 0.133. The minimum Gasteiger partial charge on any atom is -0.357 e. The predicted molar refractivity (Wildman–Crippen MR) is 78.5 cm³/mol. The summed E-state index contributed by atoms with van der Waals surface area (Å²) in [5.41, 5.74) is 2.81. The lowest BCUT2D eigenvalue weighted by atomic mass is 10.1. The molecule has 2 aromatic heterocycles. The summed E-state index contributed by atoms with van der Waals surface area (Å²) in [5, 5.41) is 2.82. The summed E-state index contributed by atoms with van der Waals surface area (Å²) >= 11 is 0. The van der Waals surface area contributed by atoms with Crippen molar-refractivity contribution < 1.29 is 4.79 Å². The molecular weight excluding hydrogens is 254 g/mol. The van der Waals surface area contributed by atoms with Crippen molar-refractivity contribution in [3.05, 3.63) is 58.9 Å². The first-order chi connectivity index (χ1) is 9.58. The molecular formula is C15H15N3O2. The average molecular weight is 269 g/mol. The molecule has 2 N–H and O–H groups in total. The summed E-state index contributed by atoms with van der Waals surface area (Å²) < 4.78 is 0. The molecule has 0 radical (unpaired) electrons. The second-order valence-corrected chi connectivity index (χ2v) is 4.38. The second kappa shape index (κ2) is 5.97. The van der Waals surface area contributed by atoms with Crippen LogP contribution < -0.4 is 10.9 Å². The van der Waals surface area contributed by atoms with Gasteiger partial charge < -0.3 is 10.3 Å². The molecule has 0 bridgehead atoms. The number of aryl methyl sites for hydroxylation is 1. The number of nitrogens with zero attached hydrogens (tertiary/aromatic N) is 1. The monoisotopic (exact) mass is 269 g/mol. The minimum atomic E-state index is -0.228. The number of ketones is 1. The zero-order valence-electron chi connectivity index (χ0n) is 11.3. The molecule has 0 amide bonds. The highest BCUT2D eigenvalue weighted by Crippen LogP contribution is 2.22. The Balaban J connectivity index is 2.40. The Hall–Kier alpha value is -2.69. The van der Waals surface area contributed by atoms with Crippen molar-refractivity contribution in [3.63, 3.8) is 0 Å². The number of pyridine rings is 2. The van der Waals surface area contributed by atoms with Gasteiger partial charge >= 0.3 is 0 Å². The number of hydrogen-bond donors (Lipinski definition) is 2. The first-order valence-corrected chi connectivity index (χ1v) is 6.16. The topological polar surface area (TPSA) is 74.8 Å². The van der Waals surface area contributed by atoms with Crippen molar-refractivity contribution in [2.45, 2.75) is 13.8 Å². The molecule has 0 unspecified atom stereocenters.